The van der Waals surface area contributed by atoms with Crippen molar-refractivity contribution >= 4 is 11.6 Å². The minimum atomic E-state index is -0.258. The Kier molecular flexibility index (Phi) is 5.65. The average molecular weight is 358 g/mol. The summed E-state index contributed by atoms with van der Waals surface area (Å²) in [5.41, 5.74) is 1.52. The van der Waals surface area contributed by atoms with Crippen LogP contribution in [0.2, 0.25) is 0 Å². The van der Waals surface area contributed by atoms with Crippen LogP contribution in [-0.4, -0.2) is 46.5 Å². The average Bonchev–Trinajstić information content (AvgIpc) is 2.65. The normalized spacial score (nSPS) is 14.5. The lowest BCUT2D eigenvalue weighted by atomic mass is 10.2. The molecule has 0 aliphatic carbocycles. The SMILES string of the molecule is CCCc1cc(=O)n(CC(=O)N2CCN(c3ccc(F)cc3)CC2)cn1. The molecule has 7 heteroatoms. The molecule has 1 aromatic carbocycles. The zero-order valence-corrected chi connectivity index (χ0v) is 14.9. The van der Waals surface area contributed by atoms with Crippen LogP contribution in [0.4, 0.5) is 10.1 Å². The molecule has 0 saturated carbocycles. The fraction of sp³-hybridized carbons (Fsp3) is 0.421. The van der Waals surface area contributed by atoms with Gasteiger partial charge in [-0.25, -0.2) is 9.37 Å². The van der Waals surface area contributed by atoms with Crippen molar-refractivity contribution in [2.24, 2.45) is 0 Å². The Morgan fingerprint density at radius 1 is 1.15 bits per heavy atom. The van der Waals surface area contributed by atoms with Crippen LogP contribution in [0.15, 0.2) is 41.5 Å². The molecule has 6 nitrogen and oxygen atoms in total. The Hall–Kier alpha value is -2.70. The van der Waals surface area contributed by atoms with Gasteiger partial charge in [0.15, 0.2) is 0 Å². The zero-order valence-electron chi connectivity index (χ0n) is 14.9. The molecule has 0 bridgehead atoms. The third kappa shape index (κ3) is 4.28. The summed E-state index contributed by atoms with van der Waals surface area (Å²) >= 11 is 0. The van der Waals surface area contributed by atoms with Crippen LogP contribution in [0.3, 0.4) is 0 Å². The number of aryl methyl sites for hydroxylation is 1. The van der Waals surface area contributed by atoms with Gasteiger partial charge in [-0.1, -0.05) is 13.3 Å². The second-order valence-corrected chi connectivity index (χ2v) is 6.44. The summed E-state index contributed by atoms with van der Waals surface area (Å²) in [4.78, 5) is 32.7. The number of hydrogen-bond donors (Lipinski definition) is 0. The summed E-state index contributed by atoms with van der Waals surface area (Å²) in [6.07, 6.45) is 3.14. The van der Waals surface area contributed by atoms with Gasteiger partial charge in [0.25, 0.3) is 5.56 Å². The van der Waals surface area contributed by atoms with Gasteiger partial charge in [-0.05, 0) is 30.7 Å². The van der Waals surface area contributed by atoms with Crippen LogP contribution in [-0.2, 0) is 17.8 Å². The molecule has 0 spiro atoms. The summed E-state index contributed by atoms with van der Waals surface area (Å²) in [6, 6.07) is 7.87. The molecule has 1 aliphatic rings. The molecule has 0 radical (unpaired) electrons. The third-order valence-corrected chi connectivity index (χ3v) is 4.57. The first-order valence-electron chi connectivity index (χ1n) is 8.90. The molecule has 1 amide bonds. The van der Waals surface area contributed by atoms with E-state index < -0.39 is 0 Å². The Labute approximate surface area is 151 Å². The quantitative estimate of drug-likeness (QED) is 0.816. The number of benzene rings is 1. The van der Waals surface area contributed by atoms with Crippen LogP contribution in [0, 0.1) is 5.82 Å². The maximum Gasteiger partial charge on any atom is 0.253 e. The highest BCUT2D eigenvalue weighted by Gasteiger charge is 2.21. The Morgan fingerprint density at radius 2 is 1.85 bits per heavy atom. The molecule has 0 unspecified atom stereocenters. The molecule has 2 heterocycles. The first kappa shape index (κ1) is 18.1. The summed E-state index contributed by atoms with van der Waals surface area (Å²) in [6.45, 7) is 4.55. The Balaban J connectivity index is 1.57. The fourth-order valence-electron chi connectivity index (χ4n) is 3.09. The van der Waals surface area contributed by atoms with Crippen molar-refractivity contribution in [2.75, 3.05) is 31.1 Å². The van der Waals surface area contributed by atoms with E-state index in [-0.39, 0.29) is 23.8 Å². The van der Waals surface area contributed by atoms with Crippen LogP contribution in [0.1, 0.15) is 19.0 Å². The van der Waals surface area contributed by atoms with E-state index in [1.165, 1.54) is 29.1 Å². The maximum atomic E-state index is 13.0. The zero-order chi connectivity index (χ0) is 18.5. The van der Waals surface area contributed by atoms with E-state index in [1.807, 2.05) is 6.92 Å². The number of halogens is 1. The van der Waals surface area contributed by atoms with Crippen molar-refractivity contribution in [3.63, 3.8) is 0 Å². The number of rotatable bonds is 5. The van der Waals surface area contributed by atoms with Gasteiger partial charge in [-0.2, -0.15) is 0 Å². The lowest BCUT2D eigenvalue weighted by molar-refractivity contribution is -0.132. The minimum Gasteiger partial charge on any atom is -0.368 e. The van der Waals surface area contributed by atoms with Crippen LogP contribution in [0.25, 0.3) is 0 Å². The fourth-order valence-corrected chi connectivity index (χ4v) is 3.09. The monoisotopic (exact) mass is 358 g/mol. The molecule has 138 valence electrons. The lowest BCUT2D eigenvalue weighted by Gasteiger charge is -2.36. The topological polar surface area (TPSA) is 58.4 Å². The number of carbonyl (C=O) groups is 1. The first-order valence-corrected chi connectivity index (χ1v) is 8.90. The lowest BCUT2D eigenvalue weighted by Crippen LogP contribution is -2.50. The van der Waals surface area contributed by atoms with Crippen LogP contribution >= 0.6 is 0 Å². The van der Waals surface area contributed by atoms with E-state index in [2.05, 4.69) is 9.88 Å². The van der Waals surface area contributed by atoms with E-state index >= 15 is 0 Å². The number of nitrogens with zero attached hydrogens (tertiary/aromatic N) is 4. The van der Waals surface area contributed by atoms with Gasteiger partial charge < -0.3 is 9.80 Å². The number of aromatic nitrogens is 2. The van der Waals surface area contributed by atoms with E-state index in [0.717, 1.165) is 24.2 Å². The molecular weight excluding hydrogens is 335 g/mol. The highest BCUT2D eigenvalue weighted by molar-refractivity contribution is 5.76. The summed E-state index contributed by atoms with van der Waals surface area (Å²) < 4.78 is 14.4. The first-order chi connectivity index (χ1) is 12.6. The van der Waals surface area contributed by atoms with E-state index in [4.69, 9.17) is 0 Å². The van der Waals surface area contributed by atoms with Gasteiger partial charge in [0.05, 0.1) is 6.33 Å². The molecular formula is C19H23FN4O2. The van der Waals surface area contributed by atoms with Gasteiger partial charge in [0.1, 0.15) is 12.4 Å². The van der Waals surface area contributed by atoms with Crippen molar-refractivity contribution in [1.82, 2.24) is 14.5 Å². The van der Waals surface area contributed by atoms with Gasteiger partial charge in [-0.15, -0.1) is 0 Å². The van der Waals surface area contributed by atoms with Crippen molar-refractivity contribution in [3.8, 4) is 0 Å². The number of anilines is 1. The summed E-state index contributed by atoms with van der Waals surface area (Å²) in [5, 5.41) is 0. The van der Waals surface area contributed by atoms with E-state index in [1.54, 1.807) is 17.0 Å². The van der Waals surface area contributed by atoms with Gasteiger partial charge >= 0.3 is 0 Å². The second kappa shape index (κ2) is 8.12. The molecule has 1 aromatic heterocycles. The standard InChI is InChI=1S/C19H23FN4O2/c1-2-3-16-12-18(25)24(14-21-16)13-19(26)23-10-8-22(9-11-23)17-6-4-15(20)5-7-17/h4-7,12,14H,2-3,8-11,13H2,1H3. The molecule has 26 heavy (non-hydrogen) atoms. The Morgan fingerprint density at radius 3 is 2.46 bits per heavy atom. The number of piperazine rings is 1. The number of carbonyl (C=O) groups excluding carboxylic acids is 1. The third-order valence-electron chi connectivity index (χ3n) is 4.57. The molecule has 2 aromatic rings. The van der Waals surface area contributed by atoms with Crippen molar-refractivity contribution in [2.45, 2.75) is 26.3 Å². The summed E-state index contributed by atoms with van der Waals surface area (Å²) in [5.74, 6) is -0.345. The maximum absolute atomic E-state index is 13.0. The number of hydrogen-bond acceptors (Lipinski definition) is 4. The number of amides is 1. The highest BCUT2D eigenvalue weighted by Crippen LogP contribution is 2.17. The van der Waals surface area contributed by atoms with Crippen molar-refractivity contribution in [1.29, 1.82) is 0 Å². The highest BCUT2D eigenvalue weighted by atomic mass is 19.1. The molecule has 1 aliphatic heterocycles. The molecule has 3 rings (SSSR count). The van der Waals surface area contributed by atoms with Crippen LogP contribution in [0.5, 0.6) is 0 Å². The minimum absolute atomic E-state index is 0.00872. The molecule has 0 N–H and O–H groups in total. The van der Waals surface area contributed by atoms with Gasteiger partial charge in [0.2, 0.25) is 5.91 Å². The smallest absolute Gasteiger partial charge is 0.253 e. The second-order valence-electron chi connectivity index (χ2n) is 6.44. The summed E-state index contributed by atoms with van der Waals surface area (Å²) in [7, 11) is 0. The van der Waals surface area contributed by atoms with Crippen molar-refractivity contribution in [3.05, 3.63) is 58.5 Å². The predicted octanol–water partition coefficient (Wildman–Crippen LogP) is 1.68. The van der Waals surface area contributed by atoms with Gasteiger partial charge in [0, 0.05) is 43.6 Å². The molecule has 0 atom stereocenters. The van der Waals surface area contributed by atoms with Gasteiger partial charge in [-0.3, -0.25) is 14.2 Å². The van der Waals surface area contributed by atoms with Crippen LogP contribution < -0.4 is 10.5 Å². The molecule has 1 fully saturated rings. The predicted molar refractivity (Wildman–Crippen MR) is 97.7 cm³/mol. The Bertz CT molecular complexity index is 811. The van der Waals surface area contributed by atoms with E-state index in [9.17, 15) is 14.0 Å². The van der Waals surface area contributed by atoms with Crippen molar-refractivity contribution < 1.29 is 9.18 Å². The molecule has 1 saturated heterocycles. The van der Waals surface area contributed by atoms with E-state index in [0.29, 0.717) is 26.2 Å². The largest absolute Gasteiger partial charge is 0.368 e.